The van der Waals surface area contributed by atoms with Crippen molar-refractivity contribution in [3.8, 4) is 5.75 Å². The molecule has 0 heterocycles. The first-order valence-corrected chi connectivity index (χ1v) is 12.5. The van der Waals surface area contributed by atoms with Crippen LogP contribution in [0.5, 0.6) is 5.75 Å². The van der Waals surface area contributed by atoms with Gasteiger partial charge in [-0.2, -0.15) is 0 Å². The number of carboxylic acids is 2. The third-order valence-electron chi connectivity index (χ3n) is 8.21. The average molecular weight is 504 g/mol. The Morgan fingerprint density at radius 3 is 2.22 bits per heavy atom. The highest BCUT2D eigenvalue weighted by Crippen LogP contribution is 2.56. The number of nitrogens with one attached hydrogen (secondary N) is 1. The molecule has 4 rings (SSSR count). The highest BCUT2D eigenvalue weighted by atomic mass is 16.5. The largest absolute Gasteiger partial charge is 0.489 e. The minimum Gasteiger partial charge on any atom is -0.489 e. The van der Waals surface area contributed by atoms with Crippen LogP contribution >= 0.6 is 0 Å². The Morgan fingerprint density at radius 1 is 0.946 bits per heavy atom. The van der Waals surface area contributed by atoms with E-state index in [1.807, 2.05) is 18.2 Å². The van der Waals surface area contributed by atoms with E-state index in [0.717, 1.165) is 16.5 Å². The van der Waals surface area contributed by atoms with Crippen molar-refractivity contribution in [2.45, 2.75) is 52.7 Å². The number of amides is 1. The first-order chi connectivity index (χ1) is 17.5. The van der Waals surface area contributed by atoms with Crippen LogP contribution < -0.4 is 10.1 Å². The van der Waals surface area contributed by atoms with Gasteiger partial charge in [-0.25, -0.2) is 4.79 Å². The standard InChI is InChI=1S/C30H33NO6/c1-29(2)24(14-15-30(29,3)28(35)36)26(32)31-25(27(33)34)17-19-9-12-23(13-10-19)37-18-20-8-11-21-6-4-5-7-22(21)16-20/h4-13,16,24-25H,14-15,17-18H2,1-3H3,(H,31,32)(H,33,34)(H,35,36)/t24?,25-,30?/m0/s1. The Morgan fingerprint density at radius 2 is 1.59 bits per heavy atom. The van der Waals surface area contributed by atoms with Gasteiger partial charge in [0.15, 0.2) is 0 Å². The molecule has 0 saturated heterocycles. The second-order valence-electron chi connectivity index (χ2n) is 10.7. The van der Waals surface area contributed by atoms with Crippen molar-refractivity contribution in [3.05, 3.63) is 77.9 Å². The Balaban J connectivity index is 1.37. The summed E-state index contributed by atoms with van der Waals surface area (Å²) in [6.07, 6.45) is 0.873. The van der Waals surface area contributed by atoms with Crippen molar-refractivity contribution in [1.82, 2.24) is 5.32 Å². The van der Waals surface area contributed by atoms with Crippen LogP contribution in [0.25, 0.3) is 10.8 Å². The van der Waals surface area contributed by atoms with Crippen molar-refractivity contribution in [1.29, 1.82) is 0 Å². The molecule has 194 valence electrons. The normalized spacial score (nSPS) is 21.3. The third kappa shape index (κ3) is 5.31. The lowest BCUT2D eigenvalue weighted by Gasteiger charge is -2.38. The summed E-state index contributed by atoms with van der Waals surface area (Å²) in [4.78, 5) is 36.8. The third-order valence-corrected chi connectivity index (χ3v) is 8.21. The number of carbonyl (C=O) groups excluding carboxylic acids is 1. The van der Waals surface area contributed by atoms with E-state index in [4.69, 9.17) is 4.74 Å². The summed E-state index contributed by atoms with van der Waals surface area (Å²) in [5.74, 6) is -2.42. The number of rotatable bonds is 9. The zero-order valence-corrected chi connectivity index (χ0v) is 21.4. The molecule has 1 aliphatic rings. The number of carboxylic acid groups (broad SMARTS) is 2. The van der Waals surface area contributed by atoms with Crippen LogP contribution in [-0.2, 0) is 27.4 Å². The number of ether oxygens (including phenoxy) is 1. The van der Waals surface area contributed by atoms with Gasteiger partial charge in [-0.05, 0) is 65.3 Å². The molecule has 3 aromatic rings. The van der Waals surface area contributed by atoms with Crippen molar-refractivity contribution >= 4 is 28.6 Å². The van der Waals surface area contributed by atoms with Gasteiger partial charge in [0.05, 0.1) is 5.41 Å². The molecule has 7 heteroatoms. The van der Waals surface area contributed by atoms with Crippen molar-refractivity contribution < 1.29 is 29.3 Å². The van der Waals surface area contributed by atoms with E-state index in [0.29, 0.717) is 25.2 Å². The average Bonchev–Trinajstić information content (AvgIpc) is 3.12. The second-order valence-corrected chi connectivity index (χ2v) is 10.7. The number of carbonyl (C=O) groups is 3. The first-order valence-electron chi connectivity index (χ1n) is 12.5. The summed E-state index contributed by atoms with van der Waals surface area (Å²) >= 11 is 0. The minimum atomic E-state index is -1.14. The molecule has 1 fully saturated rings. The number of hydrogen-bond donors (Lipinski definition) is 3. The molecular weight excluding hydrogens is 470 g/mol. The summed E-state index contributed by atoms with van der Waals surface area (Å²) in [6.45, 7) is 5.60. The molecule has 3 aromatic carbocycles. The molecule has 0 bridgehead atoms. The molecule has 0 aliphatic heterocycles. The van der Waals surface area contributed by atoms with E-state index < -0.39 is 40.6 Å². The van der Waals surface area contributed by atoms with Crippen LogP contribution in [0.1, 0.15) is 44.7 Å². The molecule has 0 radical (unpaired) electrons. The summed E-state index contributed by atoms with van der Waals surface area (Å²) in [7, 11) is 0. The Bertz CT molecular complexity index is 1320. The zero-order chi connectivity index (χ0) is 26.8. The van der Waals surface area contributed by atoms with Gasteiger partial charge in [-0.1, -0.05) is 62.4 Å². The lowest BCUT2D eigenvalue weighted by Crippen LogP contribution is -2.49. The van der Waals surface area contributed by atoms with E-state index in [1.165, 1.54) is 5.39 Å². The monoisotopic (exact) mass is 503 g/mol. The van der Waals surface area contributed by atoms with Gasteiger partial charge >= 0.3 is 11.9 Å². The van der Waals surface area contributed by atoms with E-state index in [-0.39, 0.29) is 6.42 Å². The highest BCUT2D eigenvalue weighted by Gasteiger charge is 2.58. The molecule has 1 saturated carbocycles. The summed E-state index contributed by atoms with van der Waals surface area (Å²) < 4.78 is 5.91. The Kier molecular flexibility index (Phi) is 7.25. The maximum absolute atomic E-state index is 13.0. The summed E-state index contributed by atoms with van der Waals surface area (Å²) in [5.41, 5.74) is -0.0658. The van der Waals surface area contributed by atoms with Crippen LogP contribution in [0.2, 0.25) is 0 Å². The smallest absolute Gasteiger partial charge is 0.326 e. The zero-order valence-electron chi connectivity index (χ0n) is 21.4. The van der Waals surface area contributed by atoms with Gasteiger partial charge in [0, 0.05) is 12.3 Å². The maximum Gasteiger partial charge on any atom is 0.326 e. The summed E-state index contributed by atoms with van der Waals surface area (Å²) in [5, 5.41) is 24.4. The van der Waals surface area contributed by atoms with E-state index in [9.17, 15) is 24.6 Å². The Labute approximate surface area is 216 Å². The molecule has 3 N–H and O–H groups in total. The lowest BCUT2D eigenvalue weighted by molar-refractivity contribution is -0.155. The van der Waals surface area contributed by atoms with Gasteiger partial charge in [0.2, 0.25) is 5.91 Å². The molecule has 1 amide bonds. The Hall–Kier alpha value is -3.87. The fraction of sp³-hybridized carbons (Fsp3) is 0.367. The predicted molar refractivity (Wildman–Crippen MR) is 140 cm³/mol. The molecular formula is C30H33NO6. The lowest BCUT2D eigenvalue weighted by atomic mass is 9.65. The van der Waals surface area contributed by atoms with Crippen LogP contribution in [0, 0.1) is 16.7 Å². The van der Waals surface area contributed by atoms with Gasteiger partial charge in [-0.15, -0.1) is 0 Å². The van der Waals surface area contributed by atoms with Gasteiger partial charge in [-0.3, -0.25) is 9.59 Å². The molecule has 2 unspecified atom stereocenters. The fourth-order valence-corrected chi connectivity index (χ4v) is 5.27. The van der Waals surface area contributed by atoms with Gasteiger partial charge < -0.3 is 20.3 Å². The van der Waals surface area contributed by atoms with Crippen molar-refractivity contribution in [3.63, 3.8) is 0 Å². The molecule has 0 aromatic heterocycles. The molecule has 1 aliphatic carbocycles. The number of hydrogen-bond acceptors (Lipinski definition) is 4. The van der Waals surface area contributed by atoms with Gasteiger partial charge in [0.25, 0.3) is 0 Å². The van der Waals surface area contributed by atoms with Crippen LogP contribution in [0.4, 0.5) is 0 Å². The second kappa shape index (κ2) is 10.2. The predicted octanol–water partition coefficient (Wildman–Crippen LogP) is 5.06. The van der Waals surface area contributed by atoms with E-state index in [1.54, 1.807) is 45.0 Å². The SMILES string of the molecule is CC1(C(=O)O)CCC(C(=O)N[C@@H](Cc2ccc(OCc3ccc4ccccc4c3)cc2)C(=O)O)C1(C)C. The van der Waals surface area contributed by atoms with E-state index in [2.05, 4.69) is 29.6 Å². The van der Waals surface area contributed by atoms with Crippen LogP contribution in [0.3, 0.4) is 0 Å². The van der Waals surface area contributed by atoms with Gasteiger partial charge in [0.1, 0.15) is 18.4 Å². The number of benzene rings is 3. The minimum absolute atomic E-state index is 0.107. The van der Waals surface area contributed by atoms with Crippen molar-refractivity contribution in [2.75, 3.05) is 0 Å². The van der Waals surface area contributed by atoms with Crippen LogP contribution in [-0.4, -0.2) is 34.1 Å². The number of fused-ring (bicyclic) bond motifs is 1. The fourth-order valence-electron chi connectivity index (χ4n) is 5.27. The quantitative estimate of drug-likeness (QED) is 0.376. The molecule has 0 spiro atoms. The molecule has 37 heavy (non-hydrogen) atoms. The topological polar surface area (TPSA) is 113 Å². The van der Waals surface area contributed by atoms with Crippen molar-refractivity contribution in [2.24, 2.45) is 16.7 Å². The molecule has 3 atom stereocenters. The summed E-state index contributed by atoms with van der Waals surface area (Å²) in [6, 6.07) is 20.3. The van der Waals surface area contributed by atoms with E-state index >= 15 is 0 Å². The highest BCUT2D eigenvalue weighted by molar-refractivity contribution is 5.87. The molecule has 7 nitrogen and oxygen atoms in total. The van der Waals surface area contributed by atoms with Crippen LogP contribution in [0.15, 0.2) is 66.7 Å². The first kappa shape index (κ1) is 26.2. The maximum atomic E-state index is 13.0. The number of aliphatic carboxylic acids is 2.